The van der Waals surface area contributed by atoms with Crippen molar-refractivity contribution in [3.63, 3.8) is 0 Å². The fourth-order valence-electron chi connectivity index (χ4n) is 3.34. The summed E-state index contributed by atoms with van der Waals surface area (Å²) < 4.78 is 4.97. The average molecular weight is 360 g/mol. The molecule has 2 aromatic rings. The van der Waals surface area contributed by atoms with Gasteiger partial charge in [-0.25, -0.2) is 0 Å². The number of hydrogen-bond donors (Lipinski definition) is 0. The minimum Gasteiger partial charge on any atom is -0.388 e. The average Bonchev–Trinajstić information content (AvgIpc) is 2.63. The van der Waals surface area contributed by atoms with Crippen molar-refractivity contribution in [1.82, 2.24) is 0 Å². The van der Waals surface area contributed by atoms with Crippen LogP contribution in [0, 0.1) is 37.2 Å². The summed E-state index contributed by atoms with van der Waals surface area (Å²) in [6, 6.07) is 16.3. The minimum absolute atomic E-state index is 0.479. The standard InChI is InChI=1S/C18H21NO.C7H8/c1-12-7-16(9-17(8-12)20-11-19)10-18-14(3)6-5-13(2)15(18)4;1-7-5-3-2-4-6-7/h5-9,13-14H,10H2,1-4H3;2-6H,1H3. The van der Waals surface area contributed by atoms with Gasteiger partial charge in [0.2, 0.25) is 0 Å². The highest BCUT2D eigenvalue weighted by molar-refractivity contribution is 5.39. The molecule has 140 valence electrons. The molecule has 3 rings (SSSR count). The maximum Gasteiger partial charge on any atom is 0.292 e. The van der Waals surface area contributed by atoms with Crippen LogP contribution >= 0.6 is 0 Å². The molecule has 0 amide bonds. The fourth-order valence-corrected chi connectivity index (χ4v) is 3.34. The Morgan fingerprint density at radius 2 is 1.56 bits per heavy atom. The van der Waals surface area contributed by atoms with Crippen LogP contribution in [0.4, 0.5) is 0 Å². The van der Waals surface area contributed by atoms with Crippen LogP contribution in [0.2, 0.25) is 0 Å². The molecule has 1 aliphatic rings. The number of nitriles is 1. The number of benzene rings is 2. The van der Waals surface area contributed by atoms with E-state index in [0.717, 1.165) is 12.0 Å². The molecule has 2 unspecified atom stereocenters. The summed E-state index contributed by atoms with van der Waals surface area (Å²) in [4.78, 5) is 0. The molecule has 0 saturated heterocycles. The number of ether oxygens (including phenoxy) is 1. The Balaban J connectivity index is 0.000000313. The van der Waals surface area contributed by atoms with E-state index < -0.39 is 0 Å². The highest BCUT2D eigenvalue weighted by atomic mass is 16.5. The third-order valence-electron chi connectivity index (χ3n) is 5.04. The molecule has 0 aromatic heterocycles. The fraction of sp³-hybridized carbons (Fsp3) is 0.320. The second kappa shape index (κ2) is 9.78. The number of rotatable bonds is 3. The van der Waals surface area contributed by atoms with Crippen LogP contribution in [0.3, 0.4) is 0 Å². The van der Waals surface area contributed by atoms with Crippen LogP contribution in [-0.4, -0.2) is 0 Å². The lowest BCUT2D eigenvalue weighted by Crippen LogP contribution is -2.11. The van der Waals surface area contributed by atoms with E-state index in [1.807, 2.05) is 37.3 Å². The van der Waals surface area contributed by atoms with Gasteiger partial charge in [-0.1, -0.05) is 79.1 Å². The summed E-state index contributed by atoms with van der Waals surface area (Å²) >= 11 is 0. The van der Waals surface area contributed by atoms with E-state index >= 15 is 0 Å². The monoisotopic (exact) mass is 359 g/mol. The van der Waals surface area contributed by atoms with Crippen molar-refractivity contribution in [2.75, 3.05) is 0 Å². The lowest BCUT2D eigenvalue weighted by atomic mass is 9.81. The normalized spacial score (nSPS) is 18.4. The van der Waals surface area contributed by atoms with E-state index in [2.05, 4.69) is 58.0 Å². The number of hydrogen-bond acceptors (Lipinski definition) is 2. The van der Waals surface area contributed by atoms with Crippen molar-refractivity contribution < 1.29 is 4.74 Å². The predicted molar refractivity (Wildman–Crippen MR) is 112 cm³/mol. The van der Waals surface area contributed by atoms with Gasteiger partial charge < -0.3 is 4.74 Å². The molecule has 0 spiro atoms. The zero-order valence-corrected chi connectivity index (χ0v) is 17.0. The van der Waals surface area contributed by atoms with Crippen LogP contribution in [0.1, 0.15) is 37.5 Å². The van der Waals surface area contributed by atoms with Gasteiger partial charge in [0.25, 0.3) is 6.26 Å². The van der Waals surface area contributed by atoms with Crippen LogP contribution in [0.25, 0.3) is 0 Å². The summed E-state index contributed by atoms with van der Waals surface area (Å²) in [7, 11) is 0. The van der Waals surface area contributed by atoms with E-state index in [1.54, 1.807) is 6.26 Å². The molecule has 0 bridgehead atoms. The van der Waals surface area contributed by atoms with Gasteiger partial charge in [0, 0.05) is 0 Å². The first-order chi connectivity index (χ1) is 12.9. The van der Waals surface area contributed by atoms with Crippen LogP contribution in [-0.2, 0) is 6.42 Å². The van der Waals surface area contributed by atoms with Gasteiger partial charge in [-0.15, -0.1) is 5.26 Å². The molecular weight excluding hydrogens is 330 g/mol. The molecule has 2 nitrogen and oxygen atoms in total. The third kappa shape index (κ3) is 6.15. The highest BCUT2D eigenvalue weighted by Crippen LogP contribution is 2.31. The highest BCUT2D eigenvalue weighted by Gasteiger charge is 2.18. The summed E-state index contributed by atoms with van der Waals surface area (Å²) in [5.74, 6) is 1.63. The molecule has 0 radical (unpaired) electrons. The Morgan fingerprint density at radius 3 is 2.15 bits per heavy atom. The zero-order valence-electron chi connectivity index (χ0n) is 17.0. The molecule has 2 heteroatoms. The topological polar surface area (TPSA) is 33.0 Å². The Labute approximate surface area is 163 Å². The summed E-state index contributed by atoms with van der Waals surface area (Å²) in [5.41, 5.74) is 6.59. The summed E-state index contributed by atoms with van der Waals surface area (Å²) in [6.07, 6.45) is 7.23. The first-order valence-electron chi connectivity index (χ1n) is 9.46. The molecule has 0 fully saturated rings. The first kappa shape index (κ1) is 20.5. The summed E-state index contributed by atoms with van der Waals surface area (Å²) in [6.45, 7) is 10.8. The quantitative estimate of drug-likeness (QED) is 0.460. The molecule has 0 aliphatic heterocycles. The van der Waals surface area contributed by atoms with Gasteiger partial charge in [0.1, 0.15) is 5.75 Å². The zero-order chi connectivity index (χ0) is 19.8. The third-order valence-corrected chi connectivity index (χ3v) is 5.04. The van der Waals surface area contributed by atoms with E-state index in [-0.39, 0.29) is 0 Å². The van der Waals surface area contributed by atoms with Gasteiger partial charge in [-0.2, -0.15) is 0 Å². The van der Waals surface area contributed by atoms with Gasteiger partial charge in [0.15, 0.2) is 0 Å². The van der Waals surface area contributed by atoms with Crippen molar-refractivity contribution in [3.05, 3.63) is 88.5 Å². The molecule has 0 saturated carbocycles. The molecule has 0 N–H and O–H groups in total. The van der Waals surface area contributed by atoms with Crippen LogP contribution in [0.15, 0.2) is 71.8 Å². The van der Waals surface area contributed by atoms with Gasteiger partial charge in [-0.05, 0) is 62.3 Å². The van der Waals surface area contributed by atoms with Crippen molar-refractivity contribution in [2.45, 2.75) is 41.0 Å². The molecule has 2 atom stereocenters. The van der Waals surface area contributed by atoms with Crippen molar-refractivity contribution >= 4 is 0 Å². The Bertz CT molecular complexity index is 856. The first-order valence-corrected chi connectivity index (χ1v) is 9.46. The van der Waals surface area contributed by atoms with Crippen molar-refractivity contribution in [1.29, 1.82) is 5.26 Å². The van der Waals surface area contributed by atoms with Gasteiger partial charge >= 0.3 is 0 Å². The smallest absolute Gasteiger partial charge is 0.292 e. The Kier molecular flexibility index (Phi) is 7.44. The number of aryl methyl sites for hydroxylation is 2. The largest absolute Gasteiger partial charge is 0.388 e. The van der Waals surface area contributed by atoms with E-state index in [4.69, 9.17) is 10.00 Å². The maximum atomic E-state index is 8.65. The number of allylic oxidation sites excluding steroid dienone is 4. The van der Waals surface area contributed by atoms with E-state index in [0.29, 0.717) is 17.6 Å². The van der Waals surface area contributed by atoms with Crippen LogP contribution < -0.4 is 4.74 Å². The lowest BCUT2D eigenvalue weighted by Gasteiger charge is -2.24. The van der Waals surface area contributed by atoms with E-state index in [1.165, 1.54) is 22.3 Å². The van der Waals surface area contributed by atoms with E-state index in [9.17, 15) is 0 Å². The Morgan fingerprint density at radius 1 is 0.889 bits per heavy atom. The predicted octanol–water partition coefficient (Wildman–Crippen LogP) is 6.55. The minimum atomic E-state index is 0.479. The molecular formula is C25H29NO. The molecule has 27 heavy (non-hydrogen) atoms. The molecule has 1 aliphatic carbocycles. The SMILES string of the molecule is CC1=C(Cc2cc(C)cc(OC#N)c2)C(C)C=CC1C.Cc1ccccc1. The Hall–Kier alpha value is -2.79. The van der Waals surface area contributed by atoms with Crippen molar-refractivity contribution in [3.8, 4) is 12.0 Å². The van der Waals surface area contributed by atoms with Crippen molar-refractivity contribution in [2.24, 2.45) is 11.8 Å². The summed E-state index contributed by atoms with van der Waals surface area (Å²) in [5, 5.41) is 8.65. The lowest BCUT2D eigenvalue weighted by molar-refractivity contribution is 0.506. The van der Waals surface area contributed by atoms with Gasteiger partial charge in [0.05, 0.1) is 0 Å². The maximum absolute atomic E-state index is 8.65. The second-order valence-corrected chi connectivity index (χ2v) is 7.35. The number of nitrogens with zero attached hydrogens (tertiary/aromatic N) is 1. The molecule has 2 aromatic carbocycles. The van der Waals surface area contributed by atoms with Gasteiger partial charge in [-0.3, -0.25) is 0 Å². The molecule has 0 heterocycles. The van der Waals surface area contributed by atoms with Crippen LogP contribution in [0.5, 0.6) is 5.75 Å². The second-order valence-electron chi connectivity index (χ2n) is 7.35.